The lowest BCUT2D eigenvalue weighted by atomic mass is 10.1. The van der Waals surface area contributed by atoms with Crippen LogP contribution in [0, 0.1) is 0 Å². The molecule has 1 atom stereocenters. The molecular formula is C11H14N4OS. The summed E-state index contributed by atoms with van der Waals surface area (Å²) in [6, 6.07) is 5.73. The highest BCUT2D eigenvalue weighted by atomic mass is 32.2. The van der Waals surface area contributed by atoms with Gasteiger partial charge in [0, 0.05) is 16.5 Å². The van der Waals surface area contributed by atoms with Crippen LogP contribution in [0.15, 0.2) is 34.6 Å². The van der Waals surface area contributed by atoms with Gasteiger partial charge in [-0.3, -0.25) is 5.10 Å². The minimum Gasteiger partial charge on any atom is -0.496 e. The zero-order valence-electron chi connectivity index (χ0n) is 9.68. The van der Waals surface area contributed by atoms with Crippen LogP contribution in [0.1, 0.15) is 18.5 Å². The van der Waals surface area contributed by atoms with Crippen molar-refractivity contribution >= 4 is 11.8 Å². The Balaban J connectivity index is 2.39. The molecule has 0 bridgehead atoms. The Morgan fingerprint density at radius 3 is 2.88 bits per heavy atom. The monoisotopic (exact) mass is 250 g/mol. The molecular weight excluding hydrogens is 236 g/mol. The maximum atomic E-state index is 5.98. The number of aromatic nitrogens is 3. The van der Waals surface area contributed by atoms with Crippen molar-refractivity contribution in [2.45, 2.75) is 23.0 Å². The van der Waals surface area contributed by atoms with Gasteiger partial charge in [0.25, 0.3) is 0 Å². The smallest absolute Gasteiger partial charge is 0.188 e. The molecule has 3 N–H and O–H groups in total. The van der Waals surface area contributed by atoms with Gasteiger partial charge < -0.3 is 10.5 Å². The Kier molecular flexibility index (Phi) is 3.65. The van der Waals surface area contributed by atoms with Gasteiger partial charge >= 0.3 is 0 Å². The lowest BCUT2D eigenvalue weighted by molar-refractivity contribution is 0.405. The minimum atomic E-state index is -0.100. The fourth-order valence-corrected chi connectivity index (χ4v) is 2.54. The predicted octanol–water partition coefficient (Wildman–Crippen LogP) is 1.98. The van der Waals surface area contributed by atoms with Crippen LogP contribution in [0.4, 0.5) is 0 Å². The molecule has 6 heteroatoms. The van der Waals surface area contributed by atoms with E-state index in [1.54, 1.807) is 7.11 Å². The molecule has 1 aromatic heterocycles. The highest BCUT2D eigenvalue weighted by Crippen LogP contribution is 2.36. The Bertz CT molecular complexity index is 484. The Morgan fingerprint density at radius 2 is 2.29 bits per heavy atom. The summed E-state index contributed by atoms with van der Waals surface area (Å²) in [6.07, 6.45) is 1.48. The van der Waals surface area contributed by atoms with Crippen molar-refractivity contribution < 1.29 is 4.74 Å². The van der Waals surface area contributed by atoms with E-state index in [1.807, 2.05) is 25.1 Å². The molecule has 90 valence electrons. The van der Waals surface area contributed by atoms with E-state index in [1.165, 1.54) is 18.1 Å². The summed E-state index contributed by atoms with van der Waals surface area (Å²) in [7, 11) is 1.64. The lowest BCUT2D eigenvalue weighted by Gasteiger charge is -2.15. The van der Waals surface area contributed by atoms with Gasteiger partial charge in [0.1, 0.15) is 12.1 Å². The summed E-state index contributed by atoms with van der Waals surface area (Å²) in [6.45, 7) is 1.93. The number of hydrogen-bond donors (Lipinski definition) is 2. The first kappa shape index (κ1) is 11.9. The number of nitrogens with zero attached hydrogens (tertiary/aromatic N) is 2. The standard InChI is InChI=1S/C11H14N4OS/c1-7(12)10-8(16-2)4-3-5-9(10)17-11-13-6-14-15-11/h3-7H,12H2,1-2H3,(H,13,14,15)/t7-/m0/s1. The third-order valence-electron chi connectivity index (χ3n) is 2.30. The zero-order valence-corrected chi connectivity index (χ0v) is 10.5. The number of nitrogens with two attached hydrogens (primary N) is 1. The molecule has 0 amide bonds. The van der Waals surface area contributed by atoms with E-state index in [2.05, 4.69) is 15.2 Å². The number of benzene rings is 1. The lowest BCUT2D eigenvalue weighted by Crippen LogP contribution is -2.08. The second-order valence-electron chi connectivity index (χ2n) is 3.55. The molecule has 2 aromatic rings. The number of nitrogens with one attached hydrogen (secondary N) is 1. The first-order valence-electron chi connectivity index (χ1n) is 5.18. The van der Waals surface area contributed by atoms with Crippen LogP contribution in [-0.4, -0.2) is 22.3 Å². The highest BCUT2D eigenvalue weighted by Gasteiger charge is 2.14. The van der Waals surface area contributed by atoms with E-state index in [4.69, 9.17) is 10.5 Å². The minimum absolute atomic E-state index is 0.100. The third kappa shape index (κ3) is 2.59. The summed E-state index contributed by atoms with van der Waals surface area (Å²) in [5.41, 5.74) is 6.96. The van der Waals surface area contributed by atoms with Crippen LogP contribution in [0.25, 0.3) is 0 Å². The number of ether oxygens (including phenoxy) is 1. The molecule has 1 aromatic carbocycles. The van der Waals surface area contributed by atoms with E-state index in [0.717, 1.165) is 21.4 Å². The molecule has 17 heavy (non-hydrogen) atoms. The maximum Gasteiger partial charge on any atom is 0.188 e. The molecule has 0 aliphatic carbocycles. The molecule has 0 spiro atoms. The zero-order chi connectivity index (χ0) is 12.3. The fourth-order valence-electron chi connectivity index (χ4n) is 1.59. The normalized spacial score (nSPS) is 12.4. The number of methoxy groups -OCH3 is 1. The molecule has 0 fully saturated rings. The first-order valence-corrected chi connectivity index (χ1v) is 5.99. The summed E-state index contributed by atoms with van der Waals surface area (Å²) < 4.78 is 5.33. The first-order chi connectivity index (χ1) is 8.22. The van der Waals surface area contributed by atoms with Crippen molar-refractivity contribution in [1.82, 2.24) is 15.2 Å². The largest absolute Gasteiger partial charge is 0.496 e. The van der Waals surface area contributed by atoms with Crippen LogP contribution < -0.4 is 10.5 Å². The Labute approximate surface area is 104 Å². The molecule has 0 aliphatic rings. The Morgan fingerprint density at radius 1 is 1.47 bits per heavy atom. The van der Waals surface area contributed by atoms with Crippen LogP contribution in [0.2, 0.25) is 0 Å². The van der Waals surface area contributed by atoms with Crippen LogP contribution in [0.5, 0.6) is 5.75 Å². The van der Waals surface area contributed by atoms with Crippen molar-refractivity contribution in [2.24, 2.45) is 5.73 Å². The van der Waals surface area contributed by atoms with Crippen molar-refractivity contribution in [3.05, 3.63) is 30.1 Å². The third-order valence-corrected chi connectivity index (χ3v) is 3.27. The molecule has 0 saturated heterocycles. The topological polar surface area (TPSA) is 76.8 Å². The van der Waals surface area contributed by atoms with E-state index in [9.17, 15) is 0 Å². The second kappa shape index (κ2) is 5.20. The number of rotatable bonds is 4. The number of H-pyrrole nitrogens is 1. The van der Waals surface area contributed by atoms with Crippen LogP contribution in [0.3, 0.4) is 0 Å². The average molecular weight is 250 g/mol. The van der Waals surface area contributed by atoms with Gasteiger partial charge in [-0.2, -0.15) is 5.10 Å². The molecule has 1 heterocycles. The van der Waals surface area contributed by atoms with E-state index < -0.39 is 0 Å². The quantitative estimate of drug-likeness (QED) is 0.867. The summed E-state index contributed by atoms with van der Waals surface area (Å²) in [5.74, 6) is 0.796. The predicted molar refractivity (Wildman–Crippen MR) is 66.1 cm³/mol. The molecule has 5 nitrogen and oxygen atoms in total. The van der Waals surface area contributed by atoms with Crippen molar-refractivity contribution in [1.29, 1.82) is 0 Å². The molecule has 0 aliphatic heterocycles. The number of aromatic amines is 1. The van der Waals surface area contributed by atoms with E-state index in [-0.39, 0.29) is 6.04 Å². The summed E-state index contributed by atoms with van der Waals surface area (Å²) in [5, 5.41) is 7.36. The van der Waals surface area contributed by atoms with Crippen LogP contribution >= 0.6 is 11.8 Å². The molecule has 0 unspecified atom stereocenters. The number of hydrogen-bond acceptors (Lipinski definition) is 5. The van der Waals surface area contributed by atoms with Gasteiger partial charge in [0.15, 0.2) is 5.16 Å². The van der Waals surface area contributed by atoms with E-state index in [0.29, 0.717) is 0 Å². The SMILES string of the molecule is COc1cccc(Sc2ncn[nH]2)c1[C@H](C)N. The van der Waals surface area contributed by atoms with Crippen molar-refractivity contribution in [3.63, 3.8) is 0 Å². The molecule has 0 radical (unpaired) electrons. The second-order valence-corrected chi connectivity index (χ2v) is 4.58. The van der Waals surface area contributed by atoms with Gasteiger partial charge in [-0.15, -0.1) is 0 Å². The highest BCUT2D eigenvalue weighted by molar-refractivity contribution is 7.99. The maximum absolute atomic E-state index is 5.98. The Hall–Kier alpha value is -1.53. The van der Waals surface area contributed by atoms with Crippen LogP contribution in [-0.2, 0) is 0 Å². The van der Waals surface area contributed by atoms with Gasteiger partial charge in [0.05, 0.1) is 7.11 Å². The van der Waals surface area contributed by atoms with Gasteiger partial charge in [-0.05, 0) is 30.8 Å². The molecule has 2 rings (SSSR count). The average Bonchev–Trinajstić information content (AvgIpc) is 2.81. The van der Waals surface area contributed by atoms with Gasteiger partial charge in [-0.1, -0.05) is 6.07 Å². The van der Waals surface area contributed by atoms with E-state index >= 15 is 0 Å². The summed E-state index contributed by atoms with van der Waals surface area (Å²) in [4.78, 5) is 5.11. The van der Waals surface area contributed by atoms with Crippen molar-refractivity contribution in [3.8, 4) is 5.75 Å². The molecule has 0 saturated carbocycles. The van der Waals surface area contributed by atoms with Gasteiger partial charge in [0.2, 0.25) is 0 Å². The van der Waals surface area contributed by atoms with Crippen molar-refractivity contribution in [2.75, 3.05) is 7.11 Å². The summed E-state index contributed by atoms with van der Waals surface area (Å²) >= 11 is 1.49. The fraction of sp³-hybridized carbons (Fsp3) is 0.273. The van der Waals surface area contributed by atoms with Gasteiger partial charge in [-0.25, -0.2) is 4.98 Å².